The Hall–Kier alpha value is -2.33. The Kier molecular flexibility index (Phi) is 3.37. The van der Waals surface area contributed by atoms with Gasteiger partial charge >= 0.3 is 0 Å². The molecule has 1 heteroatoms. The van der Waals surface area contributed by atoms with Crippen molar-refractivity contribution >= 4 is 5.78 Å². The Morgan fingerprint density at radius 3 is 1.88 bits per heavy atom. The van der Waals surface area contributed by atoms with Gasteiger partial charge < -0.3 is 0 Å². The lowest BCUT2D eigenvalue weighted by Gasteiger charge is -1.94. The molecule has 0 atom stereocenters. The van der Waals surface area contributed by atoms with Crippen LogP contribution in [0.15, 0.2) is 54.6 Å². The first-order chi connectivity index (χ1) is 8.25. The van der Waals surface area contributed by atoms with Crippen molar-refractivity contribution in [2.45, 2.75) is 6.92 Å². The minimum absolute atomic E-state index is 0.0765. The maximum absolute atomic E-state index is 11.1. The average molecular weight is 220 g/mol. The first-order valence-electron chi connectivity index (χ1n) is 5.44. The van der Waals surface area contributed by atoms with Crippen molar-refractivity contribution in [3.8, 4) is 11.8 Å². The molecule has 0 spiro atoms. The standard InChI is InChI=1S/C16H12O/c1-13(17)16-11-9-15(10-12-16)8-7-14-5-3-2-4-6-14/h2-6,9-12H,1H3. The van der Waals surface area contributed by atoms with Crippen LogP contribution in [0.4, 0.5) is 0 Å². The molecular weight excluding hydrogens is 208 g/mol. The first-order valence-corrected chi connectivity index (χ1v) is 5.44. The number of hydrogen-bond acceptors (Lipinski definition) is 1. The molecule has 2 aromatic rings. The Morgan fingerprint density at radius 1 is 0.824 bits per heavy atom. The van der Waals surface area contributed by atoms with Gasteiger partial charge in [-0.15, -0.1) is 0 Å². The average Bonchev–Trinajstić information content (AvgIpc) is 2.38. The van der Waals surface area contributed by atoms with E-state index in [4.69, 9.17) is 0 Å². The van der Waals surface area contributed by atoms with Crippen LogP contribution in [0.1, 0.15) is 28.4 Å². The molecule has 2 aromatic carbocycles. The summed E-state index contributed by atoms with van der Waals surface area (Å²) >= 11 is 0. The van der Waals surface area contributed by atoms with Crippen molar-refractivity contribution in [3.05, 3.63) is 71.3 Å². The van der Waals surface area contributed by atoms with Crippen molar-refractivity contribution in [2.24, 2.45) is 0 Å². The van der Waals surface area contributed by atoms with E-state index in [-0.39, 0.29) is 5.78 Å². The molecule has 0 aliphatic heterocycles. The smallest absolute Gasteiger partial charge is 0.159 e. The van der Waals surface area contributed by atoms with Crippen LogP contribution < -0.4 is 0 Å². The highest BCUT2D eigenvalue weighted by atomic mass is 16.1. The predicted molar refractivity (Wildman–Crippen MR) is 68.9 cm³/mol. The van der Waals surface area contributed by atoms with Gasteiger partial charge in [-0.1, -0.05) is 42.2 Å². The number of hydrogen-bond donors (Lipinski definition) is 0. The second kappa shape index (κ2) is 5.14. The van der Waals surface area contributed by atoms with Gasteiger partial charge in [0.25, 0.3) is 0 Å². The molecule has 0 aliphatic rings. The Bertz CT molecular complexity index is 568. The van der Waals surface area contributed by atoms with Crippen molar-refractivity contribution in [1.82, 2.24) is 0 Å². The lowest BCUT2D eigenvalue weighted by molar-refractivity contribution is 0.101. The van der Waals surface area contributed by atoms with E-state index in [0.29, 0.717) is 0 Å². The largest absolute Gasteiger partial charge is 0.295 e. The molecule has 0 N–H and O–H groups in total. The molecule has 0 saturated heterocycles. The van der Waals surface area contributed by atoms with Gasteiger partial charge in [0.05, 0.1) is 0 Å². The first kappa shape index (κ1) is 11.2. The summed E-state index contributed by atoms with van der Waals surface area (Å²) in [4.78, 5) is 11.1. The molecule has 2 rings (SSSR count). The zero-order valence-electron chi connectivity index (χ0n) is 9.60. The predicted octanol–water partition coefficient (Wildman–Crippen LogP) is 3.29. The van der Waals surface area contributed by atoms with Gasteiger partial charge in [0.1, 0.15) is 0 Å². The molecule has 17 heavy (non-hydrogen) atoms. The number of carbonyl (C=O) groups is 1. The number of rotatable bonds is 1. The maximum atomic E-state index is 11.1. The monoisotopic (exact) mass is 220 g/mol. The lowest BCUT2D eigenvalue weighted by atomic mass is 10.1. The van der Waals surface area contributed by atoms with E-state index in [1.165, 1.54) is 0 Å². The van der Waals surface area contributed by atoms with Crippen molar-refractivity contribution in [3.63, 3.8) is 0 Å². The fraction of sp³-hybridized carbons (Fsp3) is 0.0625. The highest BCUT2D eigenvalue weighted by Gasteiger charge is 1.96. The second-order valence-corrected chi connectivity index (χ2v) is 3.75. The summed E-state index contributed by atoms with van der Waals surface area (Å²) in [5.74, 6) is 6.22. The molecule has 0 amide bonds. The quantitative estimate of drug-likeness (QED) is 0.532. The Labute approximate surface area is 101 Å². The zero-order valence-corrected chi connectivity index (χ0v) is 9.60. The van der Waals surface area contributed by atoms with Crippen LogP contribution >= 0.6 is 0 Å². The van der Waals surface area contributed by atoms with Gasteiger partial charge in [0, 0.05) is 16.7 Å². The van der Waals surface area contributed by atoms with Crippen LogP contribution in [0.2, 0.25) is 0 Å². The number of Topliss-reactive ketones (excluding diaryl/α,β-unsaturated/α-hetero) is 1. The lowest BCUT2D eigenvalue weighted by Crippen LogP contribution is -1.90. The fourth-order valence-electron chi connectivity index (χ4n) is 1.45. The summed E-state index contributed by atoms with van der Waals surface area (Å²) in [7, 11) is 0. The molecule has 1 nitrogen and oxygen atoms in total. The summed E-state index contributed by atoms with van der Waals surface area (Å²) in [5.41, 5.74) is 2.62. The molecule has 82 valence electrons. The third kappa shape index (κ3) is 3.06. The molecule has 0 bridgehead atoms. The molecular formula is C16H12O. The summed E-state index contributed by atoms with van der Waals surface area (Å²) < 4.78 is 0. The van der Waals surface area contributed by atoms with Gasteiger partial charge in [-0.3, -0.25) is 4.79 Å². The second-order valence-electron chi connectivity index (χ2n) is 3.75. The summed E-state index contributed by atoms with van der Waals surface area (Å²) in [6, 6.07) is 17.2. The summed E-state index contributed by atoms with van der Waals surface area (Å²) in [6.45, 7) is 1.56. The molecule has 0 fully saturated rings. The minimum Gasteiger partial charge on any atom is -0.295 e. The van der Waals surface area contributed by atoms with E-state index in [1.807, 2.05) is 42.5 Å². The van der Waals surface area contributed by atoms with Gasteiger partial charge in [0.2, 0.25) is 0 Å². The Balaban J connectivity index is 2.20. The highest BCUT2D eigenvalue weighted by molar-refractivity contribution is 5.94. The van der Waals surface area contributed by atoms with E-state index in [0.717, 1.165) is 16.7 Å². The van der Waals surface area contributed by atoms with Crippen LogP contribution in [0.25, 0.3) is 0 Å². The van der Waals surface area contributed by atoms with Crippen molar-refractivity contribution < 1.29 is 4.79 Å². The maximum Gasteiger partial charge on any atom is 0.159 e. The number of carbonyl (C=O) groups excluding carboxylic acids is 1. The van der Waals surface area contributed by atoms with Crippen LogP contribution in [-0.4, -0.2) is 5.78 Å². The molecule has 0 aliphatic carbocycles. The van der Waals surface area contributed by atoms with E-state index in [1.54, 1.807) is 19.1 Å². The van der Waals surface area contributed by atoms with Gasteiger partial charge in [0.15, 0.2) is 5.78 Å². The summed E-state index contributed by atoms with van der Waals surface area (Å²) in [5, 5.41) is 0. The summed E-state index contributed by atoms with van der Waals surface area (Å²) in [6.07, 6.45) is 0. The zero-order chi connectivity index (χ0) is 12.1. The van der Waals surface area contributed by atoms with Crippen molar-refractivity contribution in [1.29, 1.82) is 0 Å². The van der Waals surface area contributed by atoms with Crippen LogP contribution in [0, 0.1) is 11.8 Å². The highest BCUT2D eigenvalue weighted by Crippen LogP contribution is 2.04. The normalized spacial score (nSPS) is 9.24. The molecule has 0 heterocycles. The van der Waals surface area contributed by atoms with E-state index in [9.17, 15) is 4.79 Å². The van der Waals surface area contributed by atoms with Gasteiger partial charge in [-0.05, 0) is 31.2 Å². The minimum atomic E-state index is 0.0765. The SMILES string of the molecule is CC(=O)c1ccc(C#Cc2ccccc2)cc1. The van der Waals surface area contributed by atoms with Crippen LogP contribution in [-0.2, 0) is 0 Å². The topological polar surface area (TPSA) is 17.1 Å². The fourth-order valence-corrected chi connectivity index (χ4v) is 1.45. The van der Waals surface area contributed by atoms with E-state index in [2.05, 4.69) is 11.8 Å². The van der Waals surface area contributed by atoms with Gasteiger partial charge in [-0.2, -0.15) is 0 Å². The molecule has 0 aromatic heterocycles. The molecule has 0 unspecified atom stereocenters. The molecule has 0 saturated carbocycles. The third-order valence-electron chi connectivity index (χ3n) is 2.42. The number of benzene rings is 2. The van der Waals surface area contributed by atoms with Gasteiger partial charge in [-0.25, -0.2) is 0 Å². The van der Waals surface area contributed by atoms with Crippen molar-refractivity contribution in [2.75, 3.05) is 0 Å². The van der Waals surface area contributed by atoms with Crippen LogP contribution in [0.3, 0.4) is 0 Å². The van der Waals surface area contributed by atoms with E-state index < -0.39 is 0 Å². The Morgan fingerprint density at radius 2 is 1.35 bits per heavy atom. The third-order valence-corrected chi connectivity index (χ3v) is 2.42. The molecule has 0 radical (unpaired) electrons. The van der Waals surface area contributed by atoms with Crippen LogP contribution in [0.5, 0.6) is 0 Å². The number of ketones is 1. The van der Waals surface area contributed by atoms with E-state index >= 15 is 0 Å².